The van der Waals surface area contributed by atoms with Gasteiger partial charge in [-0.1, -0.05) is 36.4 Å². The average molecular weight is 632 g/mol. The highest BCUT2D eigenvalue weighted by atomic mass is 19.4. The van der Waals surface area contributed by atoms with E-state index in [1.807, 2.05) is 65.6 Å². The van der Waals surface area contributed by atoms with Crippen molar-refractivity contribution >= 4 is 23.5 Å². The zero-order chi connectivity index (χ0) is 33.3. The molecule has 0 aliphatic carbocycles. The number of hydrogen-bond acceptors (Lipinski definition) is 6. The molecule has 4 heterocycles. The molecule has 13 heteroatoms. The number of rotatable bonds is 5. The van der Waals surface area contributed by atoms with Crippen molar-refractivity contribution in [3.8, 4) is 18.5 Å². The Hall–Kier alpha value is -5.51. The fraction of sp³-hybridized carbons (Fsp3) is 0.273. The van der Waals surface area contributed by atoms with Gasteiger partial charge in [-0.25, -0.2) is 14.6 Å². The number of likely N-dealkylation sites (tertiary alicyclic amines) is 1. The lowest BCUT2D eigenvalue weighted by molar-refractivity contribution is -0.141. The molecule has 1 fully saturated rings. The summed E-state index contributed by atoms with van der Waals surface area (Å²) in [6.45, 7) is 3.95. The van der Waals surface area contributed by atoms with Crippen molar-refractivity contribution in [3.05, 3.63) is 102 Å². The predicted octanol–water partition coefficient (Wildman–Crippen LogP) is 4.56. The molecule has 10 nitrogen and oxygen atoms in total. The summed E-state index contributed by atoms with van der Waals surface area (Å²) in [5.74, 6) is -1.23. The number of carbonyl (C=O) groups is 3. The molecule has 1 unspecified atom stereocenters. The van der Waals surface area contributed by atoms with Crippen molar-refractivity contribution < 1.29 is 27.6 Å². The molecule has 1 saturated heterocycles. The number of likely N-dealkylation sites (N-methyl/N-ethyl adjacent to an activating group) is 1. The van der Waals surface area contributed by atoms with E-state index in [0.717, 1.165) is 48.9 Å². The molecule has 1 atom stereocenters. The van der Waals surface area contributed by atoms with Crippen LogP contribution in [0.1, 0.15) is 52.0 Å². The third-order valence-electron chi connectivity index (χ3n) is 7.25. The van der Waals surface area contributed by atoms with Gasteiger partial charge in [-0.15, -0.1) is 12.8 Å². The van der Waals surface area contributed by atoms with Gasteiger partial charge in [0.25, 0.3) is 17.7 Å². The van der Waals surface area contributed by atoms with Crippen molar-refractivity contribution in [3.63, 3.8) is 0 Å². The summed E-state index contributed by atoms with van der Waals surface area (Å²) in [6, 6.07) is 18.5. The van der Waals surface area contributed by atoms with Crippen molar-refractivity contribution in [1.29, 1.82) is 0 Å². The second-order valence-corrected chi connectivity index (χ2v) is 10.2. The first-order valence-corrected chi connectivity index (χ1v) is 14.5. The lowest BCUT2D eigenvalue weighted by Crippen LogP contribution is -2.53. The number of halogens is 3. The molecule has 46 heavy (non-hydrogen) atoms. The fourth-order valence-corrected chi connectivity index (χ4v) is 5.12. The Bertz CT molecular complexity index is 1670. The number of benzene rings is 2. The van der Waals surface area contributed by atoms with Gasteiger partial charge < -0.3 is 10.2 Å². The quantitative estimate of drug-likeness (QED) is 0.323. The van der Waals surface area contributed by atoms with Crippen LogP contribution in [0.2, 0.25) is 0 Å². The highest BCUT2D eigenvalue weighted by molar-refractivity contribution is 6.03. The number of alkyl halides is 3. The molecular weight excluding hydrogens is 599 g/mol. The summed E-state index contributed by atoms with van der Waals surface area (Å²) in [6.07, 6.45) is 8.20. The molecule has 1 N–H and O–H groups in total. The van der Waals surface area contributed by atoms with Crippen LogP contribution >= 0.6 is 0 Å². The third-order valence-corrected chi connectivity index (χ3v) is 7.25. The Balaban J connectivity index is 0.000000266. The molecule has 0 spiro atoms. The topological polar surface area (TPSA) is 113 Å². The molecule has 2 aromatic carbocycles. The SMILES string of the molecule is C#C.CCN1C(=O)C(NC(=O)c2nccc(C(F)(F)F)n2)Cc2cnn(-c3ccccc3)c21.O=C(c1ccccc1)N1CCCC1. The standard InChI is InChI=1S/C20H17F3N6O2.C11H13NO.C2H2/c1-2-28-18-12(11-25-29(18)13-6-4-3-5-7-13)10-14(19(28)31)26-17(30)16-24-9-8-15(27-16)20(21,22)23;13-11(12-8-4-5-9-12)10-6-2-1-3-7-10;1-2/h3-9,11,14H,2,10H2,1H3,(H,26,30);1-3,6-7H,4-5,8-9H2;1-2H. The maximum atomic E-state index is 13.0. The molecule has 3 amide bonds. The van der Waals surface area contributed by atoms with E-state index in [-0.39, 0.29) is 12.3 Å². The maximum Gasteiger partial charge on any atom is 0.433 e. The molecular formula is C33H32F3N7O3. The largest absolute Gasteiger partial charge is 0.433 e. The number of fused-ring (bicyclic) bond motifs is 1. The van der Waals surface area contributed by atoms with E-state index < -0.39 is 35.6 Å². The van der Waals surface area contributed by atoms with Crippen molar-refractivity contribution in [1.82, 2.24) is 30.0 Å². The van der Waals surface area contributed by atoms with Crippen LogP contribution in [-0.4, -0.2) is 68.0 Å². The molecule has 238 valence electrons. The Morgan fingerprint density at radius 3 is 2.22 bits per heavy atom. The number of terminal acetylenes is 1. The van der Waals surface area contributed by atoms with E-state index in [4.69, 9.17) is 0 Å². The molecule has 0 bridgehead atoms. The van der Waals surface area contributed by atoms with E-state index in [1.165, 1.54) is 4.90 Å². The third kappa shape index (κ3) is 7.58. The van der Waals surface area contributed by atoms with E-state index in [1.54, 1.807) is 17.8 Å². The normalized spacial score (nSPS) is 15.5. The van der Waals surface area contributed by atoms with Crippen LogP contribution in [0.5, 0.6) is 0 Å². The Morgan fingerprint density at radius 1 is 0.978 bits per heavy atom. The van der Waals surface area contributed by atoms with Crippen LogP contribution in [-0.2, 0) is 17.4 Å². The molecule has 2 aliphatic rings. The summed E-state index contributed by atoms with van der Waals surface area (Å²) >= 11 is 0. The highest BCUT2D eigenvalue weighted by Crippen LogP contribution is 2.31. The van der Waals surface area contributed by atoms with E-state index in [2.05, 4.69) is 33.2 Å². The summed E-state index contributed by atoms with van der Waals surface area (Å²) in [7, 11) is 0. The van der Waals surface area contributed by atoms with Crippen LogP contribution in [0.4, 0.5) is 19.0 Å². The molecule has 6 rings (SSSR count). The average Bonchev–Trinajstić information content (AvgIpc) is 3.78. The zero-order valence-electron chi connectivity index (χ0n) is 25.0. The van der Waals surface area contributed by atoms with Gasteiger partial charge in [-0.2, -0.15) is 18.3 Å². The van der Waals surface area contributed by atoms with E-state index in [9.17, 15) is 27.6 Å². The second kappa shape index (κ2) is 15.0. The van der Waals surface area contributed by atoms with Gasteiger partial charge in [-0.3, -0.25) is 19.3 Å². The monoisotopic (exact) mass is 631 g/mol. The van der Waals surface area contributed by atoms with Crippen molar-refractivity contribution in [2.75, 3.05) is 24.5 Å². The maximum absolute atomic E-state index is 13.0. The van der Waals surface area contributed by atoms with Gasteiger partial charge in [-0.05, 0) is 50.1 Å². The molecule has 0 radical (unpaired) electrons. The van der Waals surface area contributed by atoms with Gasteiger partial charge in [0.05, 0.1) is 11.9 Å². The minimum Gasteiger partial charge on any atom is -0.339 e. The minimum atomic E-state index is -4.71. The number of anilines is 1. The number of para-hydroxylation sites is 1. The van der Waals surface area contributed by atoms with Crippen LogP contribution in [0.25, 0.3) is 5.69 Å². The predicted molar refractivity (Wildman–Crippen MR) is 165 cm³/mol. The number of carbonyl (C=O) groups excluding carboxylic acids is 3. The van der Waals surface area contributed by atoms with E-state index >= 15 is 0 Å². The highest BCUT2D eigenvalue weighted by Gasteiger charge is 2.37. The Labute approximate surface area is 264 Å². The number of amides is 3. The van der Waals surface area contributed by atoms with Crippen LogP contribution < -0.4 is 10.2 Å². The Kier molecular flexibility index (Phi) is 10.9. The number of hydrogen-bond donors (Lipinski definition) is 1. The minimum absolute atomic E-state index is 0.141. The summed E-state index contributed by atoms with van der Waals surface area (Å²) in [5, 5.41) is 6.83. The van der Waals surface area contributed by atoms with Gasteiger partial charge in [0.1, 0.15) is 17.6 Å². The lowest BCUT2D eigenvalue weighted by Gasteiger charge is -2.32. The van der Waals surface area contributed by atoms with E-state index in [0.29, 0.717) is 18.4 Å². The number of aromatic nitrogens is 4. The summed E-state index contributed by atoms with van der Waals surface area (Å²) < 4.78 is 40.2. The fourth-order valence-electron chi connectivity index (χ4n) is 5.12. The molecule has 2 aromatic heterocycles. The second-order valence-electron chi connectivity index (χ2n) is 10.2. The van der Waals surface area contributed by atoms with Crippen LogP contribution in [0.3, 0.4) is 0 Å². The number of nitrogens with one attached hydrogen (secondary N) is 1. The Morgan fingerprint density at radius 2 is 1.61 bits per heavy atom. The first-order chi connectivity index (χ1) is 22.2. The van der Waals surface area contributed by atoms with Crippen molar-refractivity contribution in [2.45, 2.75) is 38.4 Å². The molecule has 0 saturated carbocycles. The molecule has 4 aromatic rings. The van der Waals surface area contributed by atoms with Crippen LogP contribution in [0, 0.1) is 12.8 Å². The first-order valence-electron chi connectivity index (χ1n) is 14.5. The van der Waals surface area contributed by atoms with Gasteiger partial charge in [0.15, 0.2) is 0 Å². The number of nitrogens with zero attached hydrogens (tertiary/aromatic N) is 6. The smallest absolute Gasteiger partial charge is 0.339 e. The van der Waals surface area contributed by atoms with Crippen LogP contribution in [0.15, 0.2) is 79.1 Å². The summed E-state index contributed by atoms with van der Waals surface area (Å²) in [5.41, 5.74) is 1.07. The van der Waals surface area contributed by atoms with Gasteiger partial charge >= 0.3 is 6.18 Å². The van der Waals surface area contributed by atoms with Gasteiger partial charge in [0, 0.05) is 43.4 Å². The molecule has 2 aliphatic heterocycles. The van der Waals surface area contributed by atoms with Gasteiger partial charge in [0.2, 0.25) is 5.82 Å². The summed E-state index contributed by atoms with van der Waals surface area (Å²) in [4.78, 5) is 47.6. The van der Waals surface area contributed by atoms with Crippen molar-refractivity contribution in [2.24, 2.45) is 0 Å². The lowest BCUT2D eigenvalue weighted by atomic mass is 10.0. The zero-order valence-corrected chi connectivity index (χ0v) is 25.0. The first kappa shape index (κ1) is 33.4.